The maximum Gasteiger partial charge on any atom is 0.245 e. The van der Waals surface area contributed by atoms with Gasteiger partial charge in [-0.15, -0.1) is 0 Å². The first kappa shape index (κ1) is 14.4. The molecule has 1 heterocycles. The number of rotatable bonds is 7. The first-order valence-electron chi connectivity index (χ1n) is 6.77. The Bertz CT molecular complexity index is 526. The molecule has 19 heavy (non-hydrogen) atoms. The molecule has 0 radical (unpaired) electrons. The number of hydrogen-bond donors (Lipinski definition) is 1. The van der Waals surface area contributed by atoms with E-state index in [1.165, 1.54) is 0 Å². The predicted octanol–water partition coefficient (Wildman–Crippen LogP) is 1.49. The molecule has 0 bridgehead atoms. The lowest BCUT2D eigenvalue weighted by atomic mass is 10.3. The number of nitrogens with two attached hydrogens (primary N) is 1. The van der Waals surface area contributed by atoms with Crippen LogP contribution >= 0.6 is 0 Å². The van der Waals surface area contributed by atoms with Crippen molar-refractivity contribution in [2.24, 2.45) is 5.73 Å². The summed E-state index contributed by atoms with van der Waals surface area (Å²) in [6, 6.07) is 3.42. The SMILES string of the molecule is CCCCN(C1CC1)S(=O)(=O)c1cccnc1CN. The van der Waals surface area contributed by atoms with E-state index >= 15 is 0 Å². The van der Waals surface area contributed by atoms with Gasteiger partial charge in [-0.05, 0) is 31.4 Å². The maximum absolute atomic E-state index is 12.7. The lowest BCUT2D eigenvalue weighted by Crippen LogP contribution is -2.35. The molecule has 1 aromatic rings. The quantitative estimate of drug-likeness (QED) is 0.822. The monoisotopic (exact) mass is 283 g/mol. The lowest BCUT2D eigenvalue weighted by Gasteiger charge is -2.22. The van der Waals surface area contributed by atoms with Crippen molar-refractivity contribution in [3.05, 3.63) is 24.0 Å². The Kier molecular flexibility index (Phi) is 4.54. The van der Waals surface area contributed by atoms with Crippen molar-refractivity contribution in [2.45, 2.75) is 50.1 Å². The second-order valence-corrected chi connectivity index (χ2v) is 6.71. The molecule has 1 aromatic heterocycles. The number of unbranched alkanes of at least 4 members (excludes halogenated alkanes) is 1. The average molecular weight is 283 g/mol. The second-order valence-electron chi connectivity index (χ2n) is 4.85. The highest BCUT2D eigenvalue weighted by Gasteiger charge is 2.38. The van der Waals surface area contributed by atoms with Crippen LogP contribution in [0.4, 0.5) is 0 Å². The molecule has 106 valence electrons. The molecule has 0 aliphatic heterocycles. The molecule has 1 aliphatic carbocycles. The Morgan fingerprint density at radius 2 is 2.21 bits per heavy atom. The topological polar surface area (TPSA) is 76.3 Å². The summed E-state index contributed by atoms with van der Waals surface area (Å²) < 4.78 is 27.1. The fraction of sp³-hybridized carbons (Fsp3) is 0.615. The van der Waals surface area contributed by atoms with Crippen LogP contribution in [0, 0.1) is 0 Å². The van der Waals surface area contributed by atoms with Crippen molar-refractivity contribution in [1.29, 1.82) is 0 Å². The summed E-state index contributed by atoms with van der Waals surface area (Å²) in [5.74, 6) is 0. The van der Waals surface area contributed by atoms with Crippen molar-refractivity contribution in [1.82, 2.24) is 9.29 Å². The third kappa shape index (κ3) is 3.13. The zero-order chi connectivity index (χ0) is 13.9. The van der Waals surface area contributed by atoms with Gasteiger partial charge in [0.25, 0.3) is 0 Å². The Labute approximate surface area is 114 Å². The summed E-state index contributed by atoms with van der Waals surface area (Å²) in [6.07, 6.45) is 5.36. The number of pyridine rings is 1. The van der Waals surface area contributed by atoms with Crippen LogP contribution < -0.4 is 5.73 Å². The van der Waals surface area contributed by atoms with E-state index in [1.54, 1.807) is 22.6 Å². The number of nitrogens with zero attached hydrogens (tertiary/aromatic N) is 2. The van der Waals surface area contributed by atoms with Gasteiger partial charge in [-0.2, -0.15) is 4.31 Å². The van der Waals surface area contributed by atoms with Crippen molar-refractivity contribution in [3.8, 4) is 0 Å². The van der Waals surface area contributed by atoms with Gasteiger partial charge in [0.2, 0.25) is 10.0 Å². The minimum Gasteiger partial charge on any atom is -0.325 e. The van der Waals surface area contributed by atoms with Crippen LogP contribution in [-0.4, -0.2) is 30.3 Å². The smallest absolute Gasteiger partial charge is 0.245 e. The number of hydrogen-bond acceptors (Lipinski definition) is 4. The zero-order valence-corrected chi connectivity index (χ0v) is 12.1. The lowest BCUT2D eigenvalue weighted by molar-refractivity contribution is 0.395. The summed E-state index contributed by atoms with van der Waals surface area (Å²) in [4.78, 5) is 4.34. The minimum absolute atomic E-state index is 0.141. The Morgan fingerprint density at radius 1 is 1.47 bits per heavy atom. The van der Waals surface area contributed by atoms with Crippen molar-refractivity contribution < 1.29 is 8.42 Å². The van der Waals surface area contributed by atoms with Gasteiger partial charge in [0.1, 0.15) is 4.90 Å². The van der Waals surface area contributed by atoms with E-state index in [9.17, 15) is 8.42 Å². The highest BCUT2D eigenvalue weighted by molar-refractivity contribution is 7.89. The first-order chi connectivity index (χ1) is 9.11. The summed E-state index contributed by atoms with van der Waals surface area (Å²) in [5.41, 5.74) is 6.04. The molecule has 0 amide bonds. The molecule has 2 N–H and O–H groups in total. The molecular formula is C13H21N3O2S. The molecule has 0 unspecified atom stereocenters. The van der Waals surface area contributed by atoms with E-state index < -0.39 is 10.0 Å². The molecule has 0 spiro atoms. The third-order valence-electron chi connectivity index (χ3n) is 3.31. The molecule has 6 heteroatoms. The number of sulfonamides is 1. The molecule has 0 aromatic carbocycles. The molecule has 1 aliphatic rings. The third-order valence-corrected chi connectivity index (χ3v) is 5.34. The van der Waals surface area contributed by atoms with E-state index in [4.69, 9.17) is 5.73 Å². The molecular weight excluding hydrogens is 262 g/mol. The minimum atomic E-state index is -3.46. The Hall–Kier alpha value is -0.980. The summed E-state index contributed by atoms with van der Waals surface area (Å²) in [6.45, 7) is 2.79. The zero-order valence-electron chi connectivity index (χ0n) is 11.2. The van der Waals surface area contributed by atoms with Gasteiger partial charge in [-0.3, -0.25) is 4.98 Å². The van der Waals surface area contributed by atoms with Gasteiger partial charge in [0, 0.05) is 25.3 Å². The van der Waals surface area contributed by atoms with E-state index in [1.807, 2.05) is 0 Å². The Morgan fingerprint density at radius 3 is 2.79 bits per heavy atom. The molecule has 5 nitrogen and oxygen atoms in total. The second kappa shape index (κ2) is 5.98. The van der Waals surface area contributed by atoms with Crippen LogP contribution in [0.2, 0.25) is 0 Å². The number of aromatic nitrogens is 1. The van der Waals surface area contributed by atoms with Crippen molar-refractivity contribution in [3.63, 3.8) is 0 Å². The molecule has 0 atom stereocenters. The molecule has 2 rings (SSSR count). The molecule has 1 saturated carbocycles. The maximum atomic E-state index is 12.7. The van der Waals surface area contributed by atoms with Crippen LogP contribution in [0.3, 0.4) is 0 Å². The van der Waals surface area contributed by atoms with E-state index in [2.05, 4.69) is 11.9 Å². The normalized spacial score (nSPS) is 15.9. The predicted molar refractivity (Wildman–Crippen MR) is 74.0 cm³/mol. The molecule has 0 saturated heterocycles. The van der Waals surface area contributed by atoms with E-state index in [0.29, 0.717) is 12.2 Å². The highest BCUT2D eigenvalue weighted by Crippen LogP contribution is 2.32. The fourth-order valence-electron chi connectivity index (χ4n) is 2.11. The molecule has 1 fully saturated rings. The largest absolute Gasteiger partial charge is 0.325 e. The Balaban J connectivity index is 2.33. The van der Waals surface area contributed by atoms with E-state index in [-0.39, 0.29) is 17.5 Å². The van der Waals surface area contributed by atoms with Crippen LogP contribution in [0.1, 0.15) is 38.3 Å². The van der Waals surface area contributed by atoms with Crippen LogP contribution in [0.25, 0.3) is 0 Å². The highest BCUT2D eigenvalue weighted by atomic mass is 32.2. The van der Waals surface area contributed by atoms with Gasteiger partial charge < -0.3 is 5.73 Å². The van der Waals surface area contributed by atoms with Crippen LogP contribution in [0.15, 0.2) is 23.2 Å². The summed E-state index contributed by atoms with van der Waals surface area (Å²) in [5, 5.41) is 0. The first-order valence-corrected chi connectivity index (χ1v) is 8.21. The summed E-state index contributed by atoms with van der Waals surface area (Å²) >= 11 is 0. The fourth-order valence-corrected chi connectivity index (χ4v) is 4.02. The average Bonchev–Trinajstić information content (AvgIpc) is 3.23. The van der Waals surface area contributed by atoms with Crippen LogP contribution in [-0.2, 0) is 16.6 Å². The van der Waals surface area contributed by atoms with E-state index in [0.717, 1.165) is 25.7 Å². The van der Waals surface area contributed by atoms with Crippen molar-refractivity contribution in [2.75, 3.05) is 6.54 Å². The van der Waals surface area contributed by atoms with Gasteiger partial charge in [0.05, 0.1) is 5.69 Å². The van der Waals surface area contributed by atoms with Crippen molar-refractivity contribution >= 4 is 10.0 Å². The summed E-state index contributed by atoms with van der Waals surface area (Å²) in [7, 11) is -3.46. The van der Waals surface area contributed by atoms with Gasteiger partial charge in [0.15, 0.2) is 0 Å². The van der Waals surface area contributed by atoms with Gasteiger partial charge in [-0.1, -0.05) is 13.3 Å². The van der Waals surface area contributed by atoms with Gasteiger partial charge in [-0.25, -0.2) is 8.42 Å². The van der Waals surface area contributed by atoms with Gasteiger partial charge >= 0.3 is 0 Å². The standard InChI is InChI=1S/C13H21N3O2S/c1-2-3-9-16(11-6-7-11)19(17,18)13-5-4-8-15-12(13)10-14/h4-5,8,11H,2-3,6-7,9-10,14H2,1H3. The van der Waals surface area contributed by atoms with Crippen LogP contribution in [0.5, 0.6) is 0 Å².